The second-order valence-corrected chi connectivity index (χ2v) is 8.65. The van der Waals surface area contributed by atoms with Gasteiger partial charge >= 0.3 is 0 Å². The molecule has 6 heteroatoms. The first-order chi connectivity index (χ1) is 14.6. The number of carbonyl (C=O) groups excluding carboxylic acids is 1. The van der Waals surface area contributed by atoms with Crippen LogP contribution in [0.2, 0.25) is 0 Å². The number of piperidine rings is 1. The van der Waals surface area contributed by atoms with Crippen LogP contribution in [0.1, 0.15) is 24.0 Å². The Kier molecular flexibility index (Phi) is 6.43. The van der Waals surface area contributed by atoms with E-state index in [1.807, 2.05) is 36.4 Å². The number of halogens is 1. The highest BCUT2D eigenvalue weighted by Gasteiger charge is 2.25. The lowest BCUT2D eigenvalue weighted by atomic mass is 9.95. The van der Waals surface area contributed by atoms with E-state index in [1.165, 1.54) is 5.56 Å². The monoisotopic (exact) mass is 464 g/mol. The average Bonchev–Trinajstić information content (AvgIpc) is 2.79. The second-order valence-electron chi connectivity index (χ2n) is 7.74. The highest BCUT2D eigenvalue weighted by molar-refractivity contribution is 9.10. The third-order valence-corrected chi connectivity index (χ3v) is 6.06. The van der Waals surface area contributed by atoms with Crippen molar-refractivity contribution in [3.05, 3.63) is 76.5 Å². The molecule has 1 saturated heterocycles. The molecule has 3 aromatic rings. The van der Waals surface area contributed by atoms with Crippen molar-refractivity contribution in [2.24, 2.45) is 5.92 Å². The molecule has 2 aromatic carbocycles. The molecule has 4 rings (SSSR count). The Morgan fingerprint density at radius 3 is 2.60 bits per heavy atom. The van der Waals surface area contributed by atoms with Crippen molar-refractivity contribution in [1.29, 1.82) is 0 Å². The van der Waals surface area contributed by atoms with Crippen molar-refractivity contribution in [1.82, 2.24) is 15.3 Å². The van der Waals surface area contributed by atoms with E-state index in [9.17, 15) is 4.79 Å². The van der Waals surface area contributed by atoms with Crippen LogP contribution in [0.5, 0.6) is 0 Å². The van der Waals surface area contributed by atoms with Gasteiger partial charge in [0.2, 0.25) is 5.91 Å². The van der Waals surface area contributed by atoms with Crippen LogP contribution < -0.4 is 10.2 Å². The molecule has 0 spiro atoms. The first kappa shape index (κ1) is 20.5. The van der Waals surface area contributed by atoms with E-state index in [2.05, 4.69) is 61.2 Å². The maximum absolute atomic E-state index is 12.6. The molecule has 1 aliphatic heterocycles. The summed E-state index contributed by atoms with van der Waals surface area (Å²) < 4.78 is 1.04. The van der Waals surface area contributed by atoms with Gasteiger partial charge in [0.1, 0.15) is 12.1 Å². The summed E-state index contributed by atoms with van der Waals surface area (Å²) in [5.41, 5.74) is 4.34. The molecule has 30 heavy (non-hydrogen) atoms. The van der Waals surface area contributed by atoms with Gasteiger partial charge in [-0.1, -0.05) is 51.8 Å². The number of aromatic nitrogens is 2. The molecule has 1 aromatic heterocycles. The molecule has 2 heterocycles. The number of benzene rings is 2. The normalized spacial score (nSPS) is 14.5. The van der Waals surface area contributed by atoms with Crippen molar-refractivity contribution >= 4 is 27.7 Å². The smallest absolute Gasteiger partial charge is 0.223 e. The molecule has 5 nitrogen and oxygen atoms in total. The van der Waals surface area contributed by atoms with Crippen LogP contribution >= 0.6 is 15.9 Å². The molecule has 1 fully saturated rings. The van der Waals surface area contributed by atoms with Gasteiger partial charge in [0.25, 0.3) is 0 Å². The quantitative estimate of drug-likeness (QED) is 0.591. The molecule has 0 aliphatic carbocycles. The van der Waals surface area contributed by atoms with E-state index in [0.29, 0.717) is 6.54 Å². The predicted octanol–water partition coefficient (Wildman–Crippen LogP) is 4.75. The number of nitrogens with zero attached hydrogens (tertiary/aromatic N) is 3. The zero-order valence-corrected chi connectivity index (χ0v) is 18.6. The lowest BCUT2D eigenvalue weighted by Crippen LogP contribution is -2.40. The summed E-state index contributed by atoms with van der Waals surface area (Å²) in [5, 5.41) is 3.08. The largest absolute Gasteiger partial charge is 0.356 e. The summed E-state index contributed by atoms with van der Waals surface area (Å²) in [5.74, 6) is 1.12. The number of amides is 1. The first-order valence-corrected chi connectivity index (χ1v) is 11.0. The van der Waals surface area contributed by atoms with Gasteiger partial charge in [-0.05, 0) is 43.5 Å². The number of anilines is 1. The van der Waals surface area contributed by atoms with Gasteiger partial charge in [-0.15, -0.1) is 0 Å². The Morgan fingerprint density at radius 1 is 1.10 bits per heavy atom. The van der Waals surface area contributed by atoms with E-state index >= 15 is 0 Å². The van der Waals surface area contributed by atoms with Gasteiger partial charge in [-0.2, -0.15) is 0 Å². The van der Waals surface area contributed by atoms with Crippen LogP contribution in [0.25, 0.3) is 11.3 Å². The van der Waals surface area contributed by atoms with Crippen molar-refractivity contribution in [2.75, 3.05) is 18.0 Å². The van der Waals surface area contributed by atoms with Crippen LogP contribution in [0.15, 0.2) is 65.4 Å². The number of rotatable bonds is 5. The van der Waals surface area contributed by atoms with E-state index < -0.39 is 0 Å². The Morgan fingerprint density at radius 2 is 1.87 bits per heavy atom. The number of nitrogens with one attached hydrogen (secondary N) is 1. The van der Waals surface area contributed by atoms with Crippen molar-refractivity contribution in [3.63, 3.8) is 0 Å². The number of carbonyl (C=O) groups is 1. The molecule has 0 radical (unpaired) electrons. The van der Waals surface area contributed by atoms with Gasteiger partial charge in [-0.3, -0.25) is 4.79 Å². The average molecular weight is 465 g/mol. The Bertz CT molecular complexity index is 1010. The van der Waals surface area contributed by atoms with Crippen LogP contribution in [0.3, 0.4) is 0 Å². The topological polar surface area (TPSA) is 58.1 Å². The van der Waals surface area contributed by atoms with Gasteiger partial charge in [0.05, 0.1) is 5.69 Å². The van der Waals surface area contributed by atoms with E-state index in [1.54, 1.807) is 6.33 Å². The summed E-state index contributed by atoms with van der Waals surface area (Å²) in [7, 11) is 0. The second kappa shape index (κ2) is 9.39. The lowest BCUT2D eigenvalue weighted by molar-refractivity contribution is -0.125. The molecule has 154 valence electrons. The first-order valence-electron chi connectivity index (χ1n) is 10.2. The van der Waals surface area contributed by atoms with Crippen LogP contribution in [0, 0.1) is 12.8 Å². The summed E-state index contributed by atoms with van der Waals surface area (Å²) >= 11 is 3.43. The summed E-state index contributed by atoms with van der Waals surface area (Å²) in [6, 6.07) is 18.4. The highest BCUT2D eigenvalue weighted by Crippen LogP contribution is 2.25. The summed E-state index contributed by atoms with van der Waals surface area (Å²) in [4.78, 5) is 23.8. The maximum Gasteiger partial charge on any atom is 0.223 e. The fourth-order valence-electron chi connectivity index (χ4n) is 3.79. The number of aryl methyl sites for hydroxylation is 1. The predicted molar refractivity (Wildman–Crippen MR) is 123 cm³/mol. The Balaban J connectivity index is 1.33. The van der Waals surface area contributed by atoms with Crippen LogP contribution in [-0.2, 0) is 11.3 Å². The minimum Gasteiger partial charge on any atom is -0.356 e. The molecule has 0 atom stereocenters. The Labute approximate surface area is 185 Å². The minimum atomic E-state index is 0.0507. The van der Waals surface area contributed by atoms with Gasteiger partial charge in [-0.25, -0.2) is 9.97 Å². The molecule has 1 aliphatic rings. The summed E-state index contributed by atoms with van der Waals surface area (Å²) in [6.45, 7) is 4.29. The van der Waals surface area contributed by atoms with E-state index in [0.717, 1.165) is 53.0 Å². The molecule has 0 unspecified atom stereocenters. The minimum absolute atomic E-state index is 0.0507. The van der Waals surface area contributed by atoms with Crippen LogP contribution in [-0.4, -0.2) is 29.0 Å². The lowest BCUT2D eigenvalue weighted by Gasteiger charge is -2.32. The molecular formula is C24H25BrN4O. The zero-order chi connectivity index (χ0) is 20.9. The zero-order valence-electron chi connectivity index (χ0n) is 17.0. The van der Waals surface area contributed by atoms with Gasteiger partial charge in [0, 0.05) is 41.7 Å². The standard InChI is InChI=1S/C24H25BrN4O/c1-17-3-2-4-20(13-17)22-14-23(28-16-27-22)29-11-9-19(10-12-29)24(30)26-15-18-5-7-21(25)8-6-18/h2-8,13-14,16,19H,9-12,15H2,1H3,(H,26,30). The van der Waals surface area contributed by atoms with Crippen molar-refractivity contribution in [2.45, 2.75) is 26.3 Å². The third kappa shape index (κ3) is 5.05. The fourth-order valence-corrected chi connectivity index (χ4v) is 4.05. The van der Waals surface area contributed by atoms with Crippen LogP contribution in [0.4, 0.5) is 5.82 Å². The van der Waals surface area contributed by atoms with E-state index in [-0.39, 0.29) is 11.8 Å². The van der Waals surface area contributed by atoms with E-state index in [4.69, 9.17) is 0 Å². The fraction of sp³-hybridized carbons (Fsp3) is 0.292. The molecule has 0 bridgehead atoms. The SMILES string of the molecule is Cc1cccc(-c2cc(N3CCC(C(=O)NCc4ccc(Br)cc4)CC3)ncn2)c1. The molecule has 1 N–H and O–H groups in total. The molecular weight excluding hydrogens is 440 g/mol. The number of hydrogen-bond donors (Lipinski definition) is 1. The Hall–Kier alpha value is -2.73. The third-order valence-electron chi connectivity index (χ3n) is 5.54. The molecule has 1 amide bonds. The van der Waals surface area contributed by atoms with Gasteiger partial charge < -0.3 is 10.2 Å². The van der Waals surface area contributed by atoms with Crippen molar-refractivity contribution in [3.8, 4) is 11.3 Å². The van der Waals surface area contributed by atoms with Crippen molar-refractivity contribution < 1.29 is 4.79 Å². The maximum atomic E-state index is 12.6. The van der Waals surface area contributed by atoms with Gasteiger partial charge in [0.15, 0.2) is 0 Å². The number of hydrogen-bond acceptors (Lipinski definition) is 4. The summed E-state index contributed by atoms with van der Waals surface area (Å²) in [6.07, 6.45) is 3.29. The highest BCUT2D eigenvalue weighted by atomic mass is 79.9. The molecule has 0 saturated carbocycles.